The van der Waals surface area contributed by atoms with Crippen LogP contribution < -0.4 is 10.6 Å². The number of rotatable bonds is 4. The molecule has 1 saturated heterocycles. The molecule has 0 saturated carbocycles. The predicted molar refractivity (Wildman–Crippen MR) is 85.8 cm³/mol. The lowest BCUT2D eigenvalue weighted by Crippen LogP contribution is -2.44. The zero-order valence-corrected chi connectivity index (χ0v) is 13.5. The molecule has 2 atom stereocenters. The van der Waals surface area contributed by atoms with E-state index < -0.39 is 0 Å². The van der Waals surface area contributed by atoms with Crippen LogP contribution in [0.25, 0.3) is 0 Å². The smallest absolute Gasteiger partial charge is 0.253 e. The molecule has 0 spiro atoms. The second kappa shape index (κ2) is 7.34. The van der Waals surface area contributed by atoms with Crippen molar-refractivity contribution in [2.75, 3.05) is 19.3 Å². The molecule has 5 heteroatoms. The number of carbonyl (C=O) groups excluding carboxylic acids is 1. The molecule has 1 fully saturated rings. The van der Waals surface area contributed by atoms with E-state index in [9.17, 15) is 4.79 Å². The van der Waals surface area contributed by atoms with Gasteiger partial charge in [-0.1, -0.05) is 11.6 Å². The minimum Gasteiger partial charge on any atom is -0.349 e. The Hall–Kier alpha value is -0.710. The number of hydrogen-bond donors (Lipinski definition) is 2. The van der Waals surface area contributed by atoms with E-state index in [4.69, 9.17) is 11.6 Å². The first kappa shape index (κ1) is 15.7. The normalized spacial score (nSPS) is 20.4. The van der Waals surface area contributed by atoms with E-state index in [0.29, 0.717) is 16.5 Å². The molecule has 1 amide bonds. The van der Waals surface area contributed by atoms with Crippen LogP contribution in [0.4, 0.5) is 0 Å². The molecule has 2 rings (SSSR count). The van der Waals surface area contributed by atoms with Crippen LogP contribution in [-0.4, -0.2) is 31.3 Å². The van der Waals surface area contributed by atoms with Gasteiger partial charge in [-0.2, -0.15) is 0 Å². The largest absolute Gasteiger partial charge is 0.349 e. The summed E-state index contributed by atoms with van der Waals surface area (Å²) in [6, 6.07) is 5.73. The van der Waals surface area contributed by atoms with Crippen LogP contribution in [0.1, 0.15) is 30.1 Å². The van der Waals surface area contributed by atoms with Gasteiger partial charge in [-0.25, -0.2) is 0 Å². The van der Waals surface area contributed by atoms with Gasteiger partial charge in [0, 0.05) is 10.9 Å². The highest BCUT2D eigenvalue weighted by molar-refractivity contribution is 7.98. The van der Waals surface area contributed by atoms with Crippen molar-refractivity contribution in [3.63, 3.8) is 0 Å². The molecular formula is C15H21ClN2OS. The van der Waals surface area contributed by atoms with E-state index in [1.807, 2.05) is 18.4 Å². The Kier molecular flexibility index (Phi) is 5.75. The van der Waals surface area contributed by atoms with Crippen molar-refractivity contribution in [3.05, 3.63) is 28.8 Å². The fraction of sp³-hybridized carbons (Fsp3) is 0.533. The van der Waals surface area contributed by atoms with Crippen LogP contribution in [0.3, 0.4) is 0 Å². The molecule has 0 radical (unpaired) electrons. The monoisotopic (exact) mass is 312 g/mol. The summed E-state index contributed by atoms with van der Waals surface area (Å²) in [7, 11) is 0. The topological polar surface area (TPSA) is 41.1 Å². The summed E-state index contributed by atoms with van der Waals surface area (Å²) in [6.07, 6.45) is 4.32. The number of piperidine rings is 1. The molecule has 20 heavy (non-hydrogen) atoms. The van der Waals surface area contributed by atoms with E-state index in [1.165, 1.54) is 6.42 Å². The maximum absolute atomic E-state index is 12.4. The number of thioether (sulfide) groups is 1. The Morgan fingerprint density at radius 2 is 2.35 bits per heavy atom. The highest BCUT2D eigenvalue weighted by atomic mass is 35.5. The van der Waals surface area contributed by atoms with Gasteiger partial charge in [0.15, 0.2) is 0 Å². The van der Waals surface area contributed by atoms with E-state index in [2.05, 4.69) is 17.6 Å². The average Bonchev–Trinajstić information content (AvgIpc) is 2.48. The lowest BCUT2D eigenvalue weighted by Gasteiger charge is -2.29. The Bertz CT molecular complexity index is 475. The molecule has 1 aromatic rings. The van der Waals surface area contributed by atoms with Gasteiger partial charge in [0.2, 0.25) is 0 Å². The first-order valence-electron chi connectivity index (χ1n) is 6.97. The molecule has 2 unspecified atom stereocenters. The Morgan fingerprint density at radius 1 is 1.55 bits per heavy atom. The van der Waals surface area contributed by atoms with E-state index in [0.717, 1.165) is 24.4 Å². The summed E-state index contributed by atoms with van der Waals surface area (Å²) in [5, 5.41) is 6.97. The lowest BCUT2D eigenvalue weighted by molar-refractivity contribution is 0.0922. The van der Waals surface area contributed by atoms with Crippen molar-refractivity contribution in [1.82, 2.24) is 10.6 Å². The highest BCUT2D eigenvalue weighted by Gasteiger charge is 2.22. The molecule has 1 aliphatic heterocycles. The third-order valence-electron chi connectivity index (χ3n) is 3.82. The number of amides is 1. The SMILES string of the molecule is CSc1ccc(Cl)c(C(=O)NC(C)C2CCCNC2)c1. The number of hydrogen-bond acceptors (Lipinski definition) is 3. The van der Waals surface area contributed by atoms with Crippen LogP contribution in [0.2, 0.25) is 5.02 Å². The maximum atomic E-state index is 12.4. The average molecular weight is 313 g/mol. The van der Waals surface area contributed by atoms with Crippen molar-refractivity contribution in [3.8, 4) is 0 Å². The molecule has 2 N–H and O–H groups in total. The Balaban J connectivity index is 2.03. The second-order valence-corrected chi connectivity index (χ2v) is 6.50. The molecule has 110 valence electrons. The van der Waals surface area contributed by atoms with Crippen LogP contribution >= 0.6 is 23.4 Å². The van der Waals surface area contributed by atoms with Crippen molar-refractivity contribution in [2.45, 2.75) is 30.7 Å². The van der Waals surface area contributed by atoms with Crippen LogP contribution in [0, 0.1) is 5.92 Å². The molecule has 0 aromatic heterocycles. The zero-order chi connectivity index (χ0) is 14.5. The summed E-state index contributed by atoms with van der Waals surface area (Å²) in [6.45, 7) is 4.13. The molecule has 1 heterocycles. The van der Waals surface area contributed by atoms with Crippen molar-refractivity contribution in [1.29, 1.82) is 0 Å². The summed E-state index contributed by atoms with van der Waals surface area (Å²) in [5.41, 5.74) is 0.564. The summed E-state index contributed by atoms with van der Waals surface area (Å²) in [5.74, 6) is 0.416. The minimum atomic E-state index is -0.0797. The van der Waals surface area contributed by atoms with Crippen molar-refractivity contribution < 1.29 is 4.79 Å². The standard InChI is InChI=1S/C15H21ClN2OS/c1-10(11-4-3-7-17-9-11)18-15(19)13-8-12(20-2)5-6-14(13)16/h5-6,8,10-11,17H,3-4,7,9H2,1-2H3,(H,18,19). The van der Waals surface area contributed by atoms with Crippen LogP contribution in [0.15, 0.2) is 23.1 Å². The first-order chi connectivity index (χ1) is 9.61. The van der Waals surface area contributed by atoms with Gasteiger partial charge in [-0.05, 0) is 63.2 Å². The molecule has 1 aliphatic rings. The van der Waals surface area contributed by atoms with E-state index in [-0.39, 0.29) is 11.9 Å². The summed E-state index contributed by atoms with van der Waals surface area (Å²) < 4.78 is 0. The summed E-state index contributed by atoms with van der Waals surface area (Å²) >= 11 is 7.74. The number of nitrogens with one attached hydrogen (secondary N) is 2. The predicted octanol–water partition coefficient (Wildman–Crippen LogP) is 3.18. The lowest BCUT2D eigenvalue weighted by atomic mass is 9.92. The fourth-order valence-electron chi connectivity index (χ4n) is 2.51. The van der Waals surface area contributed by atoms with E-state index >= 15 is 0 Å². The van der Waals surface area contributed by atoms with E-state index in [1.54, 1.807) is 17.8 Å². The van der Waals surface area contributed by atoms with Crippen LogP contribution in [0.5, 0.6) is 0 Å². The van der Waals surface area contributed by atoms with Gasteiger partial charge in [0.25, 0.3) is 5.91 Å². The van der Waals surface area contributed by atoms with Gasteiger partial charge in [-0.15, -0.1) is 11.8 Å². The Morgan fingerprint density at radius 3 is 3.00 bits per heavy atom. The van der Waals surface area contributed by atoms with Crippen LogP contribution in [-0.2, 0) is 0 Å². The molecule has 1 aromatic carbocycles. The highest BCUT2D eigenvalue weighted by Crippen LogP contribution is 2.23. The molecule has 3 nitrogen and oxygen atoms in total. The fourth-order valence-corrected chi connectivity index (χ4v) is 3.16. The third-order valence-corrected chi connectivity index (χ3v) is 4.87. The number of benzene rings is 1. The molecular weight excluding hydrogens is 292 g/mol. The first-order valence-corrected chi connectivity index (χ1v) is 8.57. The minimum absolute atomic E-state index is 0.0797. The summed E-state index contributed by atoms with van der Waals surface area (Å²) in [4.78, 5) is 13.4. The van der Waals surface area contributed by atoms with Gasteiger partial charge in [0.05, 0.1) is 10.6 Å². The van der Waals surface area contributed by atoms with Gasteiger partial charge in [0.1, 0.15) is 0 Å². The van der Waals surface area contributed by atoms with Crippen molar-refractivity contribution >= 4 is 29.3 Å². The second-order valence-electron chi connectivity index (χ2n) is 5.21. The third kappa shape index (κ3) is 3.90. The van der Waals surface area contributed by atoms with Gasteiger partial charge in [-0.3, -0.25) is 4.79 Å². The quantitative estimate of drug-likeness (QED) is 0.839. The van der Waals surface area contributed by atoms with Gasteiger partial charge >= 0.3 is 0 Å². The van der Waals surface area contributed by atoms with Gasteiger partial charge < -0.3 is 10.6 Å². The molecule has 0 aliphatic carbocycles. The maximum Gasteiger partial charge on any atom is 0.253 e. The Labute approximate surface area is 129 Å². The number of carbonyl (C=O) groups is 1. The van der Waals surface area contributed by atoms with Crippen molar-refractivity contribution in [2.24, 2.45) is 5.92 Å². The number of halogens is 1. The molecule has 0 bridgehead atoms. The zero-order valence-electron chi connectivity index (χ0n) is 11.9.